The number of hydrogen-bond donors (Lipinski definition) is 1. The number of aryl methyl sites for hydroxylation is 2. The quantitative estimate of drug-likeness (QED) is 0.733. The number of aromatic nitrogens is 1. The van der Waals surface area contributed by atoms with Gasteiger partial charge in [-0.1, -0.05) is 30.3 Å². The maximum atomic E-state index is 9.81. The van der Waals surface area contributed by atoms with Crippen LogP contribution in [0.2, 0.25) is 0 Å². The Morgan fingerprint density at radius 3 is 2.43 bits per heavy atom. The molecular weight excluding hydrogens is 258 g/mol. The highest BCUT2D eigenvalue weighted by atomic mass is 16.3. The lowest BCUT2D eigenvalue weighted by atomic mass is 9.91. The molecule has 0 radical (unpaired) electrons. The van der Waals surface area contributed by atoms with Gasteiger partial charge < -0.3 is 5.11 Å². The van der Waals surface area contributed by atoms with Crippen LogP contribution in [0, 0.1) is 13.8 Å². The van der Waals surface area contributed by atoms with Crippen molar-refractivity contribution in [3.05, 3.63) is 71.9 Å². The highest BCUT2D eigenvalue weighted by Gasteiger charge is 2.13. The van der Waals surface area contributed by atoms with Crippen LogP contribution in [0.1, 0.15) is 11.1 Å². The molecule has 0 aliphatic heterocycles. The molecule has 2 nitrogen and oxygen atoms in total. The lowest BCUT2D eigenvalue weighted by Crippen LogP contribution is -1.92. The van der Waals surface area contributed by atoms with Crippen molar-refractivity contribution in [2.24, 2.45) is 0 Å². The van der Waals surface area contributed by atoms with Crippen LogP contribution in [0.25, 0.3) is 22.4 Å². The Hall–Kier alpha value is -2.61. The summed E-state index contributed by atoms with van der Waals surface area (Å²) in [5.41, 5.74) is 6.52. The van der Waals surface area contributed by atoms with E-state index in [0.29, 0.717) is 0 Å². The molecule has 3 aromatic rings. The van der Waals surface area contributed by atoms with Gasteiger partial charge in [-0.2, -0.15) is 0 Å². The van der Waals surface area contributed by atoms with E-state index in [-0.39, 0.29) is 5.75 Å². The van der Waals surface area contributed by atoms with Crippen LogP contribution in [-0.4, -0.2) is 10.1 Å². The first-order valence-electron chi connectivity index (χ1n) is 6.98. The van der Waals surface area contributed by atoms with Gasteiger partial charge in [0.1, 0.15) is 5.75 Å². The summed E-state index contributed by atoms with van der Waals surface area (Å²) in [6.07, 6.45) is 1.81. The molecule has 0 saturated carbocycles. The highest BCUT2D eigenvalue weighted by molar-refractivity contribution is 5.85. The Morgan fingerprint density at radius 1 is 0.810 bits per heavy atom. The first-order chi connectivity index (χ1) is 10.2. The molecule has 0 fully saturated rings. The molecule has 0 aliphatic rings. The number of pyridine rings is 1. The lowest BCUT2D eigenvalue weighted by Gasteiger charge is -2.14. The molecule has 104 valence electrons. The minimum atomic E-state index is 0.282. The van der Waals surface area contributed by atoms with E-state index in [1.807, 2.05) is 36.4 Å². The van der Waals surface area contributed by atoms with E-state index in [0.717, 1.165) is 27.9 Å². The van der Waals surface area contributed by atoms with Gasteiger partial charge in [0, 0.05) is 11.8 Å². The number of hydrogen-bond acceptors (Lipinski definition) is 2. The summed E-state index contributed by atoms with van der Waals surface area (Å²) < 4.78 is 0. The third kappa shape index (κ3) is 2.52. The molecule has 0 spiro atoms. The Labute approximate surface area is 124 Å². The van der Waals surface area contributed by atoms with Gasteiger partial charge in [0.05, 0.1) is 5.69 Å². The highest BCUT2D eigenvalue weighted by Crippen LogP contribution is 2.36. The fourth-order valence-electron chi connectivity index (χ4n) is 2.64. The zero-order valence-corrected chi connectivity index (χ0v) is 12.2. The Kier molecular flexibility index (Phi) is 3.44. The van der Waals surface area contributed by atoms with E-state index in [2.05, 4.69) is 31.0 Å². The average molecular weight is 275 g/mol. The maximum absolute atomic E-state index is 9.81. The number of aromatic hydroxyl groups is 1. The summed E-state index contributed by atoms with van der Waals surface area (Å²) in [5.74, 6) is 0.282. The topological polar surface area (TPSA) is 33.1 Å². The molecule has 0 saturated heterocycles. The molecule has 0 atom stereocenters. The van der Waals surface area contributed by atoms with E-state index >= 15 is 0 Å². The molecule has 1 aromatic heterocycles. The predicted octanol–water partition coefficient (Wildman–Crippen LogP) is 4.74. The Morgan fingerprint density at radius 2 is 1.67 bits per heavy atom. The van der Waals surface area contributed by atoms with Crippen LogP contribution in [-0.2, 0) is 0 Å². The van der Waals surface area contributed by atoms with Crippen molar-refractivity contribution < 1.29 is 5.11 Å². The smallest absolute Gasteiger partial charge is 0.116 e. The normalized spacial score (nSPS) is 10.6. The summed E-state index contributed by atoms with van der Waals surface area (Å²) in [6, 6.07) is 17.6. The second-order valence-corrected chi connectivity index (χ2v) is 5.21. The van der Waals surface area contributed by atoms with E-state index < -0.39 is 0 Å². The second kappa shape index (κ2) is 5.41. The van der Waals surface area contributed by atoms with Crippen molar-refractivity contribution in [1.82, 2.24) is 4.98 Å². The van der Waals surface area contributed by atoms with Crippen LogP contribution in [0.4, 0.5) is 0 Å². The number of benzene rings is 2. The third-order valence-corrected chi connectivity index (χ3v) is 3.71. The fourth-order valence-corrected chi connectivity index (χ4v) is 2.64. The molecule has 1 N–H and O–H groups in total. The molecule has 2 heteroatoms. The van der Waals surface area contributed by atoms with Crippen molar-refractivity contribution >= 4 is 0 Å². The minimum Gasteiger partial charge on any atom is -0.508 e. The van der Waals surface area contributed by atoms with Crippen molar-refractivity contribution in [3.8, 4) is 28.1 Å². The number of phenolic OH excluding ortho intramolecular Hbond substituents is 1. The average Bonchev–Trinajstić information content (AvgIpc) is 2.50. The summed E-state index contributed by atoms with van der Waals surface area (Å²) in [5, 5.41) is 9.81. The summed E-state index contributed by atoms with van der Waals surface area (Å²) in [7, 11) is 0. The summed E-state index contributed by atoms with van der Waals surface area (Å²) >= 11 is 0. The molecule has 21 heavy (non-hydrogen) atoms. The van der Waals surface area contributed by atoms with Gasteiger partial charge in [-0.3, -0.25) is 4.98 Å². The molecule has 0 aliphatic carbocycles. The number of nitrogens with zero attached hydrogens (tertiary/aromatic N) is 1. The van der Waals surface area contributed by atoms with Gasteiger partial charge >= 0.3 is 0 Å². The molecule has 2 aromatic carbocycles. The minimum absolute atomic E-state index is 0.282. The zero-order valence-electron chi connectivity index (χ0n) is 12.2. The predicted molar refractivity (Wildman–Crippen MR) is 86.2 cm³/mol. The standard InChI is InChI=1S/C19H17NO/c1-13-9-10-15(21)12-17(13)16-7-5-6-14(2)19(16)18-8-3-4-11-20-18/h3-12,21H,1-2H3. The van der Waals surface area contributed by atoms with E-state index in [4.69, 9.17) is 0 Å². The lowest BCUT2D eigenvalue weighted by molar-refractivity contribution is 0.475. The van der Waals surface area contributed by atoms with Gasteiger partial charge in [0.25, 0.3) is 0 Å². The fraction of sp³-hybridized carbons (Fsp3) is 0.105. The van der Waals surface area contributed by atoms with Gasteiger partial charge in [0.2, 0.25) is 0 Å². The van der Waals surface area contributed by atoms with Gasteiger partial charge in [0.15, 0.2) is 0 Å². The number of phenols is 1. The first-order valence-corrected chi connectivity index (χ1v) is 6.98. The number of rotatable bonds is 2. The van der Waals surface area contributed by atoms with Crippen molar-refractivity contribution in [3.63, 3.8) is 0 Å². The van der Waals surface area contributed by atoms with E-state index in [9.17, 15) is 5.11 Å². The van der Waals surface area contributed by atoms with Crippen LogP contribution in [0.15, 0.2) is 60.8 Å². The molecule has 3 rings (SSSR count). The Bertz CT molecular complexity index is 779. The molecular formula is C19H17NO. The molecule has 0 amide bonds. The largest absolute Gasteiger partial charge is 0.508 e. The zero-order chi connectivity index (χ0) is 14.8. The Balaban J connectivity index is 2.29. The van der Waals surface area contributed by atoms with E-state index in [1.165, 1.54) is 5.56 Å². The molecule has 1 heterocycles. The van der Waals surface area contributed by atoms with Crippen LogP contribution < -0.4 is 0 Å². The van der Waals surface area contributed by atoms with Crippen LogP contribution >= 0.6 is 0 Å². The monoisotopic (exact) mass is 275 g/mol. The van der Waals surface area contributed by atoms with Crippen molar-refractivity contribution in [2.45, 2.75) is 13.8 Å². The maximum Gasteiger partial charge on any atom is 0.116 e. The van der Waals surface area contributed by atoms with E-state index in [1.54, 1.807) is 12.3 Å². The van der Waals surface area contributed by atoms with Gasteiger partial charge in [-0.05, 0) is 60.4 Å². The molecule has 0 bridgehead atoms. The summed E-state index contributed by atoms with van der Waals surface area (Å²) in [4.78, 5) is 4.49. The van der Waals surface area contributed by atoms with Gasteiger partial charge in [-0.25, -0.2) is 0 Å². The van der Waals surface area contributed by atoms with Crippen LogP contribution in [0.5, 0.6) is 5.75 Å². The SMILES string of the molecule is Cc1ccc(O)cc1-c1cccc(C)c1-c1ccccn1. The van der Waals surface area contributed by atoms with Crippen molar-refractivity contribution in [1.29, 1.82) is 0 Å². The summed E-state index contributed by atoms with van der Waals surface area (Å²) in [6.45, 7) is 4.14. The first kappa shape index (κ1) is 13.4. The van der Waals surface area contributed by atoms with Gasteiger partial charge in [-0.15, -0.1) is 0 Å². The van der Waals surface area contributed by atoms with Crippen molar-refractivity contribution in [2.75, 3.05) is 0 Å². The van der Waals surface area contributed by atoms with Crippen LogP contribution in [0.3, 0.4) is 0 Å². The third-order valence-electron chi connectivity index (χ3n) is 3.71. The second-order valence-electron chi connectivity index (χ2n) is 5.21. The molecule has 0 unspecified atom stereocenters.